The first-order chi connectivity index (χ1) is 10.6. The fraction of sp³-hybridized carbons (Fsp3) is 0.438. The van der Waals surface area contributed by atoms with Gasteiger partial charge in [-0.05, 0) is 38.2 Å². The number of nitrogens with one attached hydrogen (secondary N) is 1. The van der Waals surface area contributed by atoms with Gasteiger partial charge in [0.15, 0.2) is 11.5 Å². The normalized spacial score (nSPS) is 14.5. The molecular formula is C16H22N2O4. The highest BCUT2D eigenvalue weighted by molar-refractivity contribution is 5.87. The first-order valence-corrected chi connectivity index (χ1v) is 7.22. The van der Waals surface area contributed by atoms with Crippen LogP contribution < -0.4 is 14.8 Å². The summed E-state index contributed by atoms with van der Waals surface area (Å²) in [6, 6.07) is 5.26. The third-order valence-corrected chi connectivity index (χ3v) is 3.27. The highest BCUT2D eigenvalue weighted by atomic mass is 16.7. The van der Waals surface area contributed by atoms with Gasteiger partial charge in [-0.2, -0.15) is 0 Å². The van der Waals surface area contributed by atoms with Crippen molar-refractivity contribution >= 4 is 5.91 Å². The van der Waals surface area contributed by atoms with Gasteiger partial charge in [0.1, 0.15) is 0 Å². The molecule has 1 aliphatic rings. The van der Waals surface area contributed by atoms with Gasteiger partial charge in [-0.25, -0.2) is 0 Å². The van der Waals surface area contributed by atoms with E-state index in [0.29, 0.717) is 24.5 Å². The van der Waals surface area contributed by atoms with Crippen molar-refractivity contribution in [1.82, 2.24) is 10.2 Å². The van der Waals surface area contributed by atoms with Crippen molar-refractivity contribution in [3.8, 4) is 11.5 Å². The zero-order valence-electron chi connectivity index (χ0n) is 12.9. The van der Waals surface area contributed by atoms with E-state index in [9.17, 15) is 9.90 Å². The van der Waals surface area contributed by atoms with Gasteiger partial charge in [0.2, 0.25) is 12.7 Å². The summed E-state index contributed by atoms with van der Waals surface area (Å²) in [7, 11) is 3.87. The third kappa shape index (κ3) is 4.47. The number of amides is 1. The summed E-state index contributed by atoms with van der Waals surface area (Å²) in [6.07, 6.45) is 3.75. The highest BCUT2D eigenvalue weighted by Gasteiger charge is 2.18. The average molecular weight is 306 g/mol. The summed E-state index contributed by atoms with van der Waals surface area (Å²) >= 11 is 0. The zero-order chi connectivity index (χ0) is 15.9. The van der Waals surface area contributed by atoms with Crippen LogP contribution in [-0.2, 0) is 4.79 Å². The predicted molar refractivity (Wildman–Crippen MR) is 82.8 cm³/mol. The van der Waals surface area contributed by atoms with Crippen molar-refractivity contribution in [3.63, 3.8) is 0 Å². The molecule has 22 heavy (non-hydrogen) atoms. The number of fused-ring (bicyclic) bond motifs is 1. The Morgan fingerprint density at radius 2 is 2.18 bits per heavy atom. The number of carbonyl (C=O) groups is 1. The number of aliphatic hydroxyl groups is 1. The number of aliphatic hydroxyl groups excluding tert-OH is 1. The molecule has 6 heteroatoms. The van der Waals surface area contributed by atoms with Gasteiger partial charge in [0.05, 0.1) is 6.04 Å². The lowest BCUT2D eigenvalue weighted by Crippen LogP contribution is -2.28. The maximum atomic E-state index is 12.0. The van der Waals surface area contributed by atoms with E-state index in [1.165, 1.54) is 6.08 Å². The van der Waals surface area contributed by atoms with Crippen LogP contribution in [0.1, 0.15) is 18.0 Å². The number of likely N-dealkylation sites (N-methyl/N-ethyl adjacent to an activating group) is 1. The Morgan fingerprint density at radius 3 is 2.91 bits per heavy atom. The van der Waals surface area contributed by atoms with Gasteiger partial charge in [-0.15, -0.1) is 0 Å². The van der Waals surface area contributed by atoms with E-state index in [-0.39, 0.29) is 25.3 Å². The number of ether oxygens (including phenoxy) is 2. The van der Waals surface area contributed by atoms with E-state index in [4.69, 9.17) is 9.47 Å². The molecule has 1 aliphatic heterocycles. The van der Waals surface area contributed by atoms with Crippen molar-refractivity contribution in [2.75, 3.05) is 34.0 Å². The molecule has 1 amide bonds. The first kappa shape index (κ1) is 16.3. The third-order valence-electron chi connectivity index (χ3n) is 3.27. The summed E-state index contributed by atoms with van der Waals surface area (Å²) in [4.78, 5) is 13.9. The van der Waals surface area contributed by atoms with Gasteiger partial charge in [0.25, 0.3) is 0 Å². The van der Waals surface area contributed by atoms with Crippen molar-refractivity contribution in [2.24, 2.45) is 0 Å². The van der Waals surface area contributed by atoms with Crippen LogP contribution in [-0.4, -0.2) is 50.0 Å². The molecule has 0 aliphatic carbocycles. The maximum Gasteiger partial charge on any atom is 0.244 e. The van der Waals surface area contributed by atoms with Crippen LogP contribution in [0, 0.1) is 0 Å². The van der Waals surface area contributed by atoms with E-state index >= 15 is 0 Å². The first-order valence-electron chi connectivity index (χ1n) is 7.22. The largest absolute Gasteiger partial charge is 0.454 e. The molecule has 0 bridgehead atoms. The molecular weight excluding hydrogens is 284 g/mol. The monoisotopic (exact) mass is 306 g/mol. The van der Waals surface area contributed by atoms with Crippen LogP contribution in [0.15, 0.2) is 30.4 Å². The van der Waals surface area contributed by atoms with Crippen molar-refractivity contribution in [1.29, 1.82) is 0 Å². The van der Waals surface area contributed by atoms with Crippen LogP contribution in [0.5, 0.6) is 11.5 Å². The highest BCUT2D eigenvalue weighted by Crippen LogP contribution is 2.34. The fourth-order valence-corrected chi connectivity index (χ4v) is 2.17. The molecule has 120 valence electrons. The topological polar surface area (TPSA) is 71.0 Å². The molecule has 2 N–H and O–H groups in total. The SMILES string of the molecule is CN(C)C/C=C/C(=O)NC(CCO)c1ccc2c(c1)OCO2. The molecule has 1 aromatic carbocycles. The second-order valence-electron chi connectivity index (χ2n) is 5.35. The molecule has 2 rings (SSSR count). The van der Waals surface area contributed by atoms with Crippen LogP contribution >= 0.6 is 0 Å². The van der Waals surface area contributed by atoms with Crippen LogP contribution in [0.25, 0.3) is 0 Å². The fourth-order valence-electron chi connectivity index (χ4n) is 2.17. The van der Waals surface area contributed by atoms with E-state index < -0.39 is 0 Å². The number of rotatable bonds is 7. The van der Waals surface area contributed by atoms with Crippen molar-refractivity contribution in [3.05, 3.63) is 35.9 Å². The Kier molecular flexibility index (Phi) is 5.80. The molecule has 1 unspecified atom stereocenters. The molecule has 1 aromatic rings. The number of carbonyl (C=O) groups excluding carboxylic acids is 1. The molecule has 6 nitrogen and oxygen atoms in total. The Labute approximate surface area is 130 Å². The van der Waals surface area contributed by atoms with Gasteiger partial charge in [0, 0.05) is 19.2 Å². The van der Waals surface area contributed by atoms with Gasteiger partial charge in [-0.1, -0.05) is 12.1 Å². The second kappa shape index (κ2) is 7.82. The Hall–Kier alpha value is -2.05. The van der Waals surface area contributed by atoms with Gasteiger partial charge >= 0.3 is 0 Å². The number of nitrogens with zero attached hydrogens (tertiary/aromatic N) is 1. The van der Waals surface area contributed by atoms with Gasteiger partial charge < -0.3 is 24.8 Å². The lowest BCUT2D eigenvalue weighted by molar-refractivity contribution is -0.117. The Bertz CT molecular complexity index is 543. The summed E-state index contributed by atoms with van der Waals surface area (Å²) in [5, 5.41) is 12.1. The zero-order valence-corrected chi connectivity index (χ0v) is 12.9. The molecule has 1 heterocycles. The Balaban J connectivity index is 2.03. The molecule has 0 fully saturated rings. The van der Waals surface area contributed by atoms with Gasteiger partial charge in [-0.3, -0.25) is 4.79 Å². The molecule has 0 radical (unpaired) electrons. The summed E-state index contributed by atoms with van der Waals surface area (Å²) in [5.41, 5.74) is 0.882. The molecule has 0 spiro atoms. The predicted octanol–water partition coefficient (Wildman–Crippen LogP) is 1.07. The van der Waals surface area contributed by atoms with E-state index in [2.05, 4.69) is 5.32 Å². The maximum absolute atomic E-state index is 12.0. The van der Waals surface area contributed by atoms with Crippen molar-refractivity contribution in [2.45, 2.75) is 12.5 Å². The number of hydrogen-bond donors (Lipinski definition) is 2. The summed E-state index contributed by atoms with van der Waals surface area (Å²) < 4.78 is 10.6. The van der Waals surface area contributed by atoms with Crippen LogP contribution in [0.3, 0.4) is 0 Å². The van der Waals surface area contributed by atoms with Crippen molar-refractivity contribution < 1.29 is 19.4 Å². The lowest BCUT2D eigenvalue weighted by Gasteiger charge is -2.17. The lowest BCUT2D eigenvalue weighted by atomic mass is 10.0. The summed E-state index contributed by atoms with van der Waals surface area (Å²) in [6.45, 7) is 0.895. The smallest absolute Gasteiger partial charge is 0.244 e. The molecule has 0 saturated heterocycles. The Morgan fingerprint density at radius 1 is 1.41 bits per heavy atom. The number of hydrogen-bond acceptors (Lipinski definition) is 5. The van der Waals surface area contributed by atoms with Crippen LogP contribution in [0.2, 0.25) is 0 Å². The molecule has 0 saturated carbocycles. The molecule has 0 aromatic heterocycles. The minimum Gasteiger partial charge on any atom is -0.454 e. The van der Waals surface area contributed by atoms with E-state index in [1.54, 1.807) is 6.08 Å². The van der Waals surface area contributed by atoms with E-state index in [0.717, 1.165) is 5.56 Å². The minimum atomic E-state index is -0.268. The minimum absolute atomic E-state index is 0.0131. The quantitative estimate of drug-likeness (QED) is 0.738. The van der Waals surface area contributed by atoms with E-state index in [1.807, 2.05) is 37.2 Å². The molecule has 1 atom stereocenters. The second-order valence-corrected chi connectivity index (χ2v) is 5.35. The summed E-state index contributed by atoms with van der Waals surface area (Å²) in [5.74, 6) is 1.18. The number of benzene rings is 1. The standard InChI is InChI=1S/C16H22N2O4/c1-18(2)8-3-4-16(20)17-13(7-9-19)12-5-6-14-15(10-12)22-11-21-14/h3-6,10,13,19H,7-9,11H2,1-2H3,(H,17,20)/b4-3+. The van der Waals surface area contributed by atoms with Crippen LogP contribution in [0.4, 0.5) is 0 Å². The average Bonchev–Trinajstić information content (AvgIpc) is 2.93.